The molecule has 1 fully saturated rings. The van der Waals surface area contributed by atoms with E-state index in [4.69, 9.17) is 5.11 Å². The number of hydrogen-bond acceptors (Lipinski definition) is 4. The molecular formula is C16H23N3O3. The molecule has 120 valence electrons. The summed E-state index contributed by atoms with van der Waals surface area (Å²) < 4.78 is 0. The molecule has 0 bridgehead atoms. The Morgan fingerprint density at radius 2 is 2.18 bits per heavy atom. The average Bonchev–Trinajstić information content (AvgIpc) is 3.02. The molecule has 2 rings (SSSR count). The summed E-state index contributed by atoms with van der Waals surface area (Å²) in [5.74, 6) is -0.551. The highest BCUT2D eigenvalue weighted by Gasteiger charge is 2.31. The van der Waals surface area contributed by atoms with Crippen LogP contribution in [0.2, 0.25) is 0 Å². The van der Waals surface area contributed by atoms with Gasteiger partial charge < -0.3 is 14.9 Å². The van der Waals surface area contributed by atoms with Crippen LogP contribution < -0.4 is 4.90 Å². The van der Waals surface area contributed by atoms with E-state index < -0.39 is 11.9 Å². The molecule has 0 radical (unpaired) electrons. The maximum absolute atomic E-state index is 12.4. The number of nitrogens with zero attached hydrogens (tertiary/aromatic N) is 3. The molecule has 2 heterocycles. The highest BCUT2D eigenvalue weighted by atomic mass is 16.4. The van der Waals surface area contributed by atoms with Gasteiger partial charge in [-0.2, -0.15) is 0 Å². The molecule has 1 aliphatic rings. The van der Waals surface area contributed by atoms with Crippen LogP contribution in [0.4, 0.5) is 5.82 Å². The first-order valence-corrected chi connectivity index (χ1v) is 7.79. The molecule has 0 unspecified atom stereocenters. The van der Waals surface area contributed by atoms with Crippen molar-refractivity contribution in [1.29, 1.82) is 0 Å². The number of carboxylic acids is 1. The Morgan fingerprint density at radius 1 is 1.41 bits per heavy atom. The molecule has 1 aliphatic heterocycles. The Morgan fingerprint density at radius 3 is 2.68 bits per heavy atom. The molecular weight excluding hydrogens is 282 g/mol. The summed E-state index contributed by atoms with van der Waals surface area (Å²) in [7, 11) is 0. The minimum absolute atomic E-state index is 0.138. The number of anilines is 1. The van der Waals surface area contributed by atoms with Gasteiger partial charge in [0.25, 0.3) is 5.91 Å². The van der Waals surface area contributed by atoms with Crippen molar-refractivity contribution in [1.82, 2.24) is 9.88 Å². The lowest BCUT2D eigenvalue weighted by Crippen LogP contribution is -2.30. The molecule has 1 atom stereocenters. The van der Waals surface area contributed by atoms with Gasteiger partial charge in [0, 0.05) is 32.4 Å². The maximum atomic E-state index is 12.4. The van der Waals surface area contributed by atoms with Gasteiger partial charge in [0.2, 0.25) is 0 Å². The molecule has 0 saturated carbocycles. The smallest absolute Gasteiger partial charge is 0.308 e. The number of amides is 1. The van der Waals surface area contributed by atoms with Crippen LogP contribution in [0.25, 0.3) is 0 Å². The highest BCUT2D eigenvalue weighted by Crippen LogP contribution is 2.19. The second-order valence-corrected chi connectivity index (χ2v) is 5.56. The van der Waals surface area contributed by atoms with Gasteiger partial charge in [-0.1, -0.05) is 6.92 Å². The van der Waals surface area contributed by atoms with Gasteiger partial charge >= 0.3 is 5.97 Å². The Labute approximate surface area is 130 Å². The lowest BCUT2D eigenvalue weighted by molar-refractivity contribution is -0.141. The quantitative estimate of drug-likeness (QED) is 0.868. The lowest BCUT2D eigenvalue weighted by atomic mass is 10.1. The summed E-state index contributed by atoms with van der Waals surface area (Å²) in [4.78, 5) is 31.5. The first-order chi connectivity index (χ1) is 10.6. The number of rotatable bonds is 6. The van der Waals surface area contributed by atoms with Gasteiger partial charge in [0.15, 0.2) is 0 Å². The zero-order valence-corrected chi connectivity index (χ0v) is 13.2. The molecule has 6 heteroatoms. The third kappa shape index (κ3) is 3.55. The lowest BCUT2D eigenvalue weighted by Gasteiger charge is -2.21. The molecule has 1 N–H and O–H groups in total. The van der Waals surface area contributed by atoms with Gasteiger partial charge in [-0.3, -0.25) is 9.59 Å². The van der Waals surface area contributed by atoms with Gasteiger partial charge in [0.1, 0.15) is 5.82 Å². The molecule has 1 amide bonds. The number of carboxylic acid groups (broad SMARTS) is 1. The molecule has 0 aliphatic carbocycles. The number of hydrogen-bond donors (Lipinski definition) is 1. The van der Waals surface area contributed by atoms with Crippen molar-refractivity contribution in [2.75, 3.05) is 31.1 Å². The summed E-state index contributed by atoms with van der Waals surface area (Å²) in [6, 6.07) is 3.63. The molecule has 6 nitrogen and oxygen atoms in total. The molecule has 0 aromatic carbocycles. The Kier molecular flexibility index (Phi) is 5.35. The zero-order chi connectivity index (χ0) is 16.1. The summed E-state index contributed by atoms with van der Waals surface area (Å²) in [5.41, 5.74) is 0.516. The number of carbonyl (C=O) groups is 2. The van der Waals surface area contributed by atoms with Gasteiger partial charge in [0.05, 0.1) is 11.5 Å². The van der Waals surface area contributed by atoms with Gasteiger partial charge in [-0.15, -0.1) is 0 Å². The van der Waals surface area contributed by atoms with Gasteiger partial charge in [-0.25, -0.2) is 4.98 Å². The number of likely N-dealkylation sites (tertiary alicyclic amines) is 1. The van der Waals surface area contributed by atoms with Crippen molar-refractivity contribution in [2.45, 2.75) is 26.7 Å². The van der Waals surface area contributed by atoms with Crippen LogP contribution in [0.15, 0.2) is 18.3 Å². The third-order valence-corrected chi connectivity index (χ3v) is 4.02. The van der Waals surface area contributed by atoms with Crippen molar-refractivity contribution < 1.29 is 14.7 Å². The van der Waals surface area contributed by atoms with Crippen LogP contribution >= 0.6 is 0 Å². The molecule has 1 saturated heterocycles. The summed E-state index contributed by atoms with van der Waals surface area (Å²) in [5, 5.41) is 9.00. The number of aromatic nitrogens is 1. The van der Waals surface area contributed by atoms with Gasteiger partial charge in [-0.05, 0) is 31.9 Å². The van der Waals surface area contributed by atoms with E-state index in [9.17, 15) is 9.59 Å². The van der Waals surface area contributed by atoms with Crippen molar-refractivity contribution in [3.05, 3.63) is 23.9 Å². The molecule has 0 spiro atoms. The van der Waals surface area contributed by atoms with Crippen molar-refractivity contribution in [2.24, 2.45) is 5.92 Å². The highest BCUT2D eigenvalue weighted by molar-refractivity contribution is 5.94. The van der Waals surface area contributed by atoms with Crippen LogP contribution in [0.1, 0.15) is 37.0 Å². The predicted octanol–water partition coefficient (Wildman–Crippen LogP) is 1.86. The Hall–Kier alpha value is -2.11. The van der Waals surface area contributed by atoms with E-state index in [1.54, 1.807) is 17.2 Å². The molecule has 1 aromatic heterocycles. The minimum Gasteiger partial charge on any atom is -0.481 e. The standard InChI is InChI=1S/C16H23N3O3/c1-3-8-18(4-2)14-6-5-12(10-17-14)15(20)19-9-7-13(11-19)16(21)22/h5-6,10,13H,3-4,7-9,11H2,1-2H3,(H,21,22)/t13-/m0/s1. The van der Waals surface area contributed by atoms with E-state index in [0.29, 0.717) is 18.5 Å². The fourth-order valence-corrected chi connectivity index (χ4v) is 2.73. The summed E-state index contributed by atoms with van der Waals surface area (Å²) in [6.07, 6.45) is 3.15. The zero-order valence-electron chi connectivity index (χ0n) is 13.2. The fraction of sp³-hybridized carbons (Fsp3) is 0.562. The van der Waals surface area contributed by atoms with E-state index in [-0.39, 0.29) is 12.5 Å². The SMILES string of the molecule is CCCN(CC)c1ccc(C(=O)N2CC[C@H](C(=O)O)C2)cn1. The average molecular weight is 305 g/mol. The van der Waals surface area contributed by atoms with E-state index in [0.717, 1.165) is 25.3 Å². The largest absolute Gasteiger partial charge is 0.481 e. The first-order valence-electron chi connectivity index (χ1n) is 7.79. The van der Waals surface area contributed by atoms with Crippen LogP contribution in [0, 0.1) is 5.92 Å². The van der Waals surface area contributed by atoms with E-state index >= 15 is 0 Å². The predicted molar refractivity (Wildman–Crippen MR) is 84.1 cm³/mol. The number of carbonyl (C=O) groups excluding carboxylic acids is 1. The second-order valence-electron chi connectivity index (χ2n) is 5.56. The summed E-state index contributed by atoms with van der Waals surface area (Å²) in [6.45, 7) is 6.78. The number of aliphatic carboxylic acids is 1. The minimum atomic E-state index is -0.832. The normalized spacial score (nSPS) is 17.5. The van der Waals surface area contributed by atoms with Crippen molar-refractivity contribution >= 4 is 17.7 Å². The Bertz CT molecular complexity index is 530. The van der Waals surface area contributed by atoms with Crippen LogP contribution in [-0.2, 0) is 4.79 Å². The van der Waals surface area contributed by atoms with Crippen LogP contribution in [0.5, 0.6) is 0 Å². The molecule has 1 aromatic rings. The third-order valence-electron chi connectivity index (χ3n) is 4.02. The molecule has 22 heavy (non-hydrogen) atoms. The maximum Gasteiger partial charge on any atom is 0.308 e. The summed E-state index contributed by atoms with van der Waals surface area (Å²) >= 11 is 0. The monoisotopic (exact) mass is 305 g/mol. The Balaban J connectivity index is 2.04. The number of pyridine rings is 1. The van der Waals surface area contributed by atoms with E-state index in [1.807, 2.05) is 6.07 Å². The fourth-order valence-electron chi connectivity index (χ4n) is 2.73. The van der Waals surface area contributed by atoms with E-state index in [1.165, 1.54) is 0 Å². The second kappa shape index (κ2) is 7.24. The van der Waals surface area contributed by atoms with Crippen LogP contribution in [0.3, 0.4) is 0 Å². The van der Waals surface area contributed by atoms with E-state index in [2.05, 4.69) is 23.7 Å². The van der Waals surface area contributed by atoms with Crippen molar-refractivity contribution in [3.63, 3.8) is 0 Å². The topological polar surface area (TPSA) is 73.7 Å². The van der Waals surface area contributed by atoms with Crippen molar-refractivity contribution in [3.8, 4) is 0 Å². The van der Waals surface area contributed by atoms with Crippen LogP contribution in [-0.4, -0.2) is 53.0 Å². The first kappa shape index (κ1) is 16.3.